The standard InChI is InChI=1S/C18H20N4O3/c1-25-18(24)13-8-4-5-9-14(13)22-17(23)15-10-16(20-11-19-15)21-12-6-2-3-7-12/h4-5,8-12H,2-3,6-7H2,1H3,(H,22,23)(H,19,20,21). The first-order valence-electron chi connectivity index (χ1n) is 8.24. The summed E-state index contributed by atoms with van der Waals surface area (Å²) in [5, 5.41) is 6.04. The predicted molar refractivity (Wildman–Crippen MR) is 93.6 cm³/mol. The summed E-state index contributed by atoms with van der Waals surface area (Å²) in [5.74, 6) is -0.288. The number of carbonyl (C=O) groups is 2. The maximum absolute atomic E-state index is 12.5. The maximum Gasteiger partial charge on any atom is 0.339 e. The minimum absolute atomic E-state index is 0.232. The molecule has 1 saturated carbocycles. The van der Waals surface area contributed by atoms with E-state index < -0.39 is 11.9 Å². The van der Waals surface area contributed by atoms with Gasteiger partial charge in [0.1, 0.15) is 17.8 Å². The molecule has 1 aromatic heterocycles. The molecule has 1 aliphatic rings. The van der Waals surface area contributed by atoms with E-state index in [0.29, 0.717) is 17.5 Å². The summed E-state index contributed by atoms with van der Waals surface area (Å²) < 4.78 is 4.73. The Morgan fingerprint density at radius 3 is 2.68 bits per heavy atom. The molecule has 0 radical (unpaired) electrons. The lowest BCUT2D eigenvalue weighted by Crippen LogP contribution is -2.19. The number of ether oxygens (including phenoxy) is 1. The van der Waals surface area contributed by atoms with Crippen LogP contribution in [-0.2, 0) is 4.74 Å². The number of carbonyl (C=O) groups excluding carboxylic acids is 2. The number of nitrogens with zero attached hydrogens (tertiary/aromatic N) is 2. The second-order valence-electron chi connectivity index (χ2n) is 5.91. The molecule has 0 saturated heterocycles. The number of methoxy groups -OCH3 is 1. The molecule has 3 rings (SSSR count). The first kappa shape index (κ1) is 16.9. The van der Waals surface area contributed by atoms with Gasteiger partial charge in [-0.2, -0.15) is 0 Å². The van der Waals surface area contributed by atoms with E-state index in [1.807, 2.05) is 0 Å². The fourth-order valence-electron chi connectivity index (χ4n) is 2.91. The van der Waals surface area contributed by atoms with E-state index in [0.717, 1.165) is 12.8 Å². The highest BCUT2D eigenvalue weighted by Crippen LogP contribution is 2.22. The van der Waals surface area contributed by atoms with Crippen molar-refractivity contribution in [1.82, 2.24) is 9.97 Å². The fraction of sp³-hybridized carbons (Fsp3) is 0.333. The van der Waals surface area contributed by atoms with Crippen LogP contribution in [0, 0.1) is 0 Å². The molecule has 0 spiro atoms. The Hall–Kier alpha value is -2.96. The van der Waals surface area contributed by atoms with E-state index in [1.165, 1.54) is 26.3 Å². The van der Waals surface area contributed by atoms with Gasteiger partial charge in [0.2, 0.25) is 0 Å². The summed E-state index contributed by atoms with van der Waals surface area (Å²) >= 11 is 0. The number of hydrogen-bond donors (Lipinski definition) is 2. The summed E-state index contributed by atoms with van der Waals surface area (Å²) in [7, 11) is 1.30. The lowest BCUT2D eigenvalue weighted by Gasteiger charge is -2.13. The van der Waals surface area contributed by atoms with Crippen molar-refractivity contribution >= 4 is 23.4 Å². The van der Waals surface area contributed by atoms with Crippen LogP contribution < -0.4 is 10.6 Å². The molecule has 0 aliphatic heterocycles. The summed E-state index contributed by atoms with van der Waals surface area (Å²) in [6.45, 7) is 0. The van der Waals surface area contributed by atoms with E-state index in [4.69, 9.17) is 4.74 Å². The highest BCUT2D eigenvalue weighted by Gasteiger charge is 2.18. The quantitative estimate of drug-likeness (QED) is 0.813. The van der Waals surface area contributed by atoms with Gasteiger partial charge < -0.3 is 15.4 Å². The van der Waals surface area contributed by atoms with Crippen LogP contribution in [0.4, 0.5) is 11.5 Å². The van der Waals surface area contributed by atoms with Crippen LogP contribution in [0.5, 0.6) is 0 Å². The van der Waals surface area contributed by atoms with Gasteiger partial charge in [-0.1, -0.05) is 25.0 Å². The van der Waals surface area contributed by atoms with Crippen LogP contribution in [0.25, 0.3) is 0 Å². The molecule has 0 atom stereocenters. The first-order valence-corrected chi connectivity index (χ1v) is 8.24. The van der Waals surface area contributed by atoms with E-state index in [1.54, 1.807) is 30.3 Å². The van der Waals surface area contributed by atoms with Gasteiger partial charge >= 0.3 is 5.97 Å². The summed E-state index contributed by atoms with van der Waals surface area (Å²) in [6.07, 6.45) is 6.00. The Balaban J connectivity index is 1.74. The largest absolute Gasteiger partial charge is 0.465 e. The van der Waals surface area contributed by atoms with Crippen molar-refractivity contribution in [3.63, 3.8) is 0 Å². The Morgan fingerprint density at radius 2 is 1.92 bits per heavy atom. The number of esters is 1. The average molecular weight is 340 g/mol. The fourth-order valence-corrected chi connectivity index (χ4v) is 2.91. The predicted octanol–water partition coefficient (Wildman–Crippen LogP) is 2.87. The number of aromatic nitrogens is 2. The van der Waals surface area contributed by atoms with Gasteiger partial charge in [0.15, 0.2) is 0 Å². The van der Waals surface area contributed by atoms with Crippen LogP contribution in [0.2, 0.25) is 0 Å². The van der Waals surface area contributed by atoms with Gasteiger partial charge in [-0.05, 0) is 25.0 Å². The first-order chi connectivity index (χ1) is 12.2. The Bertz CT molecular complexity index is 772. The highest BCUT2D eigenvalue weighted by molar-refractivity contribution is 6.07. The summed E-state index contributed by atoms with van der Waals surface area (Å²) in [5.41, 5.74) is 0.898. The maximum atomic E-state index is 12.5. The molecule has 1 aliphatic carbocycles. The molecule has 1 fully saturated rings. The normalized spacial score (nSPS) is 14.1. The molecule has 1 aromatic carbocycles. The van der Waals surface area contributed by atoms with Crippen molar-refractivity contribution in [2.24, 2.45) is 0 Å². The monoisotopic (exact) mass is 340 g/mol. The zero-order valence-corrected chi connectivity index (χ0v) is 14.0. The molecule has 0 unspecified atom stereocenters. The second-order valence-corrected chi connectivity index (χ2v) is 5.91. The van der Waals surface area contributed by atoms with E-state index in [9.17, 15) is 9.59 Å². The number of benzene rings is 1. The number of anilines is 2. The molecule has 7 nitrogen and oxygen atoms in total. The molecule has 0 bridgehead atoms. The van der Waals surface area contributed by atoms with E-state index >= 15 is 0 Å². The Labute approximate surface area is 145 Å². The van der Waals surface area contributed by atoms with Gasteiger partial charge in [-0.3, -0.25) is 4.79 Å². The lowest BCUT2D eigenvalue weighted by molar-refractivity contribution is 0.0602. The summed E-state index contributed by atoms with van der Waals surface area (Å²) in [6, 6.07) is 8.68. The van der Waals surface area contributed by atoms with E-state index in [-0.39, 0.29) is 11.3 Å². The van der Waals surface area contributed by atoms with Gasteiger partial charge in [-0.15, -0.1) is 0 Å². The molecule has 2 aromatic rings. The lowest BCUT2D eigenvalue weighted by atomic mass is 10.1. The molecule has 130 valence electrons. The molecular formula is C18H20N4O3. The van der Waals surface area contributed by atoms with Crippen molar-refractivity contribution < 1.29 is 14.3 Å². The Kier molecular flexibility index (Phi) is 5.23. The number of hydrogen-bond acceptors (Lipinski definition) is 6. The highest BCUT2D eigenvalue weighted by atomic mass is 16.5. The molecule has 1 heterocycles. The number of nitrogens with one attached hydrogen (secondary N) is 2. The van der Waals surface area contributed by atoms with Crippen LogP contribution >= 0.6 is 0 Å². The van der Waals surface area contributed by atoms with Gasteiger partial charge in [0.25, 0.3) is 5.91 Å². The van der Waals surface area contributed by atoms with Crippen LogP contribution in [0.15, 0.2) is 36.7 Å². The minimum atomic E-state index is -0.512. The van der Waals surface area contributed by atoms with Crippen LogP contribution in [0.1, 0.15) is 46.5 Å². The number of amides is 1. The SMILES string of the molecule is COC(=O)c1ccccc1NC(=O)c1cc(NC2CCCC2)ncn1. The second kappa shape index (κ2) is 7.74. The molecule has 25 heavy (non-hydrogen) atoms. The smallest absolute Gasteiger partial charge is 0.339 e. The number of rotatable bonds is 5. The van der Waals surface area contributed by atoms with Crippen molar-refractivity contribution in [2.45, 2.75) is 31.7 Å². The summed E-state index contributed by atoms with van der Waals surface area (Å²) in [4.78, 5) is 32.5. The third kappa shape index (κ3) is 4.12. The minimum Gasteiger partial charge on any atom is -0.465 e. The molecular weight excluding hydrogens is 320 g/mol. The van der Waals surface area contributed by atoms with E-state index in [2.05, 4.69) is 20.6 Å². The molecule has 7 heteroatoms. The van der Waals surface area contributed by atoms with Crippen molar-refractivity contribution in [3.8, 4) is 0 Å². The van der Waals surface area contributed by atoms with Crippen LogP contribution in [0.3, 0.4) is 0 Å². The van der Waals surface area contributed by atoms with Crippen molar-refractivity contribution in [3.05, 3.63) is 47.9 Å². The van der Waals surface area contributed by atoms with Crippen LogP contribution in [-0.4, -0.2) is 35.0 Å². The van der Waals surface area contributed by atoms with Gasteiger partial charge in [-0.25, -0.2) is 14.8 Å². The third-order valence-electron chi connectivity index (χ3n) is 4.19. The zero-order valence-electron chi connectivity index (χ0n) is 14.0. The zero-order chi connectivity index (χ0) is 17.6. The average Bonchev–Trinajstić information content (AvgIpc) is 3.14. The van der Waals surface area contributed by atoms with Gasteiger partial charge in [0.05, 0.1) is 18.4 Å². The van der Waals surface area contributed by atoms with Gasteiger partial charge in [0, 0.05) is 12.1 Å². The van der Waals surface area contributed by atoms with Crippen molar-refractivity contribution in [1.29, 1.82) is 0 Å². The third-order valence-corrected chi connectivity index (χ3v) is 4.19. The number of para-hydroxylation sites is 1. The van der Waals surface area contributed by atoms with Crippen molar-refractivity contribution in [2.75, 3.05) is 17.7 Å². The molecule has 2 N–H and O–H groups in total. The Morgan fingerprint density at radius 1 is 1.16 bits per heavy atom. The molecule has 1 amide bonds. The topological polar surface area (TPSA) is 93.2 Å².